The molecule has 0 aromatic heterocycles. The number of para-hydroxylation sites is 1. The van der Waals surface area contributed by atoms with Gasteiger partial charge in [-0.15, -0.1) is 11.8 Å². The maximum Gasteiger partial charge on any atom is 0.127 e. The summed E-state index contributed by atoms with van der Waals surface area (Å²) in [5.74, 6) is 1.00. The van der Waals surface area contributed by atoms with Gasteiger partial charge in [0.05, 0.1) is 12.6 Å². The molecule has 2 aromatic rings. The van der Waals surface area contributed by atoms with Gasteiger partial charge in [0.1, 0.15) is 5.75 Å². The van der Waals surface area contributed by atoms with Crippen LogP contribution in [0.2, 0.25) is 0 Å². The quantitative estimate of drug-likeness (QED) is 0.872. The molecule has 3 rings (SSSR count). The second-order valence-corrected chi connectivity index (χ2v) is 5.92. The lowest BCUT2D eigenvalue weighted by Gasteiger charge is -2.23. The minimum absolute atomic E-state index is 0.126. The van der Waals surface area contributed by atoms with Gasteiger partial charge in [0.2, 0.25) is 0 Å². The summed E-state index contributed by atoms with van der Waals surface area (Å²) in [5.41, 5.74) is 9.95. The van der Waals surface area contributed by atoms with Gasteiger partial charge in [-0.2, -0.15) is 0 Å². The minimum Gasteiger partial charge on any atom is -0.493 e. The Hall–Kier alpha value is -1.45. The van der Waals surface area contributed by atoms with Crippen molar-refractivity contribution in [2.75, 3.05) is 12.9 Å². The van der Waals surface area contributed by atoms with E-state index in [2.05, 4.69) is 48.7 Å². The summed E-state index contributed by atoms with van der Waals surface area (Å²) in [6, 6.07) is 14.6. The van der Waals surface area contributed by atoms with Crippen LogP contribution < -0.4 is 10.5 Å². The molecule has 1 atom stereocenters. The Morgan fingerprint density at radius 1 is 1.15 bits per heavy atom. The number of rotatable bonds is 3. The van der Waals surface area contributed by atoms with Gasteiger partial charge in [-0.1, -0.05) is 30.3 Å². The normalized spacial score (nSPS) is 15.3. The van der Waals surface area contributed by atoms with Crippen molar-refractivity contribution in [2.45, 2.75) is 23.8 Å². The maximum atomic E-state index is 6.45. The first-order valence-corrected chi connectivity index (χ1v) is 8.16. The molecule has 0 fully saturated rings. The molecule has 1 aliphatic heterocycles. The Labute approximate surface area is 124 Å². The lowest BCUT2D eigenvalue weighted by Crippen LogP contribution is -2.17. The van der Waals surface area contributed by atoms with Crippen molar-refractivity contribution in [3.63, 3.8) is 0 Å². The van der Waals surface area contributed by atoms with E-state index < -0.39 is 0 Å². The molecule has 0 amide bonds. The van der Waals surface area contributed by atoms with Crippen molar-refractivity contribution in [1.82, 2.24) is 0 Å². The molecule has 0 radical (unpaired) electrons. The van der Waals surface area contributed by atoms with Crippen molar-refractivity contribution in [2.24, 2.45) is 5.73 Å². The lowest BCUT2D eigenvalue weighted by atomic mass is 9.94. The van der Waals surface area contributed by atoms with Crippen LogP contribution in [-0.4, -0.2) is 12.9 Å². The van der Waals surface area contributed by atoms with Crippen LogP contribution in [0.4, 0.5) is 0 Å². The van der Waals surface area contributed by atoms with Crippen LogP contribution in [0.15, 0.2) is 47.4 Å². The molecule has 0 saturated carbocycles. The Morgan fingerprint density at radius 2 is 1.95 bits per heavy atom. The van der Waals surface area contributed by atoms with Gasteiger partial charge < -0.3 is 10.5 Å². The number of fused-ring (bicyclic) bond motifs is 1. The van der Waals surface area contributed by atoms with Gasteiger partial charge in [-0.25, -0.2) is 0 Å². The number of benzene rings is 2. The Morgan fingerprint density at radius 3 is 2.70 bits per heavy atom. The molecule has 1 aliphatic rings. The van der Waals surface area contributed by atoms with Crippen LogP contribution in [0.5, 0.6) is 5.75 Å². The number of nitrogens with two attached hydrogens (primary N) is 1. The van der Waals surface area contributed by atoms with Crippen molar-refractivity contribution in [3.05, 3.63) is 59.2 Å². The van der Waals surface area contributed by atoms with E-state index in [4.69, 9.17) is 10.5 Å². The van der Waals surface area contributed by atoms with E-state index in [0.29, 0.717) is 0 Å². The van der Waals surface area contributed by atoms with Crippen LogP contribution in [0.1, 0.15) is 29.2 Å². The van der Waals surface area contributed by atoms with Crippen LogP contribution >= 0.6 is 11.8 Å². The third kappa shape index (κ3) is 2.56. The molecule has 0 bridgehead atoms. The first-order valence-electron chi connectivity index (χ1n) is 6.93. The molecule has 2 nitrogen and oxygen atoms in total. The molecule has 104 valence electrons. The zero-order valence-electron chi connectivity index (χ0n) is 11.6. The van der Waals surface area contributed by atoms with E-state index in [1.807, 2.05) is 0 Å². The third-order valence-electron chi connectivity index (χ3n) is 3.77. The summed E-state index contributed by atoms with van der Waals surface area (Å²) in [5, 5.41) is 0. The van der Waals surface area contributed by atoms with E-state index in [1.54, 1.807) is 11.8 Å². The predicted molar refractivity (Wildman–Crippen MR) is 84.5 cm³/mol. The zero-order chi connectivity index (χ0) is 13.9. The lowest BCUT2D eigenvalue weighted by molar-refractivity contribution is 0.284. The Bertz CT molecular complexity index is 594. The molecule has 20 heavy (non-hydrogen) atoms. The minimum atomic E-state index is -0.126. The maximum absolute atomic E-state index is 6.45. The van der Waals surface area contributed by atoms with E-state index >= 15 is 0 Å². The zero-order valence-corrected chi connectivity index (χ0v) is 12.5. The first kappa shape index (κ1) is 13.5. The molecule has 3 heteroatoms. The number of aryl methyl sites for hydroxylation is 1. The first-order chi connectivity index (χ1) is 9.79. The Kier molecular flexibility index (Phi) is 3.99. The summed E-state index contributed by atoms with van der Waals surface area (Å²) in [7, 11) is 0. The van der Waals surface area contributed by atoms with Gasteiger partial charge in [-0.3, -0.25) is 0 Å². The Balaban J connectivity index is 1.95. The van der Waals surface area contributed by atoms with E-state index in [9.17, 15) is 0 Å². The van der Waals surface area contributed by atoms with Crippen molar-refractivity contribution >= 4 is 11.8 Å². The average molecular weight is 285 g/mol. The third-order valence-corrected chi connectivity index (χ3v) is 4.52. The average Bonchev–Trinajstić information content (AvgIpc) is 2.54. The van der Waals surface area contributed by atoms with Gasteiger partial charge in [-0.05, 0) is 42.4 Å². The fourth-order valence-corrected chi connectivity index (χ4v) is 3.06. The van der Waals surface area contributed by atoms with Crippen molar-refractivity contribution < 1.29 is 4.74 Å². The van der Waals surface area contributed by atoms with Crippen LogP contribution in [-0.2, 0) is 6.42 Å². The summed E-state index contributed by atoms with van der Waals surface area (Å²) in [6.07, 6.45) is 4.26. The van der Waals surface area contributed by atoms with Crippen LogP contribution in [0.3, 0.4) is 0 Å². The largest absolute Gasteiger partial charge is 0.493 e. The van der Waals surface area contributed by atoms with Crippen LogP contribution in [0.25, 0.3) is 0 Å². The molecule has 0 aliphatic carbocycles. The monoisotopic (exact) mass is 285 g/mol. The number of hydrogen-bond acceptors (Lipinski definition) is 3. The highest BCUT2D eigenvalue weighted by molar-refractivity contribution is 7.98. The van der Waals surface area contributed by atoms with E-state index in [-0.39, 0.29) is 6.04 Å². The molecule has 0 spiro atoms. The van der Waals surface area contributed by atoms with E-state index in [0.717, 1.165) is 36.3 Å². The fourth-order valence-electron chi connectivity index (χ4n) is 2.65. The molecular formula is C17H19NOS. The molecule has 0 saturated heterocycles. The highest BCUT2D eigenvalue weighted by Crippen LogP contribution is 2.34. The molecule has 1 unspecified atom stereocenters. The smallest absolute Gasteiger partial charge is 0.127 e. The number of ether oxygens (including phenoxy) is 1. The van der Waals surface area contributed by atoms with E-state index in [1.165, 1.54) is 10.5 Å². The molecule has 1 heterocycles. The second-order valence-electron chi connectivity index (χ2n) is 5.04. The second kappa shape index (κ2) is 5.90. The van der Waals surface area contributed by atoms with Crippen LogP contribution in [0, 0.1) is 0 Å². The van der Waals surface area contributed by atoms with Crippen molar-refractivity contribution in [1.29, 1.82) is 0 Å². The predicted octanol–water partition coefficient (Wildman–Crippen LogP) is 3.78. The highest BCUT2D eigenvalue weighted by Gasteiger charge is 2.19. The number of thioether (sulfide) groups is 1. The summed E-state index contributed by atoms with van der Waals surface area (Å²) < 4.78 is 5.86. The molecular weight excluding hydrogens is 266 g/mol. The van der Waals surface area contributed by atoms with Gasteiger partial charge in [0, 0.05) is 10.5 Å². The molecule has 2 N–H and O–H groups in total. The summed E-state index contributed by atoms with van der Waals surface area (Å²) in [6.45, 7) is 0.794. The fraction of sp³-hybridized carbons (Fsp3) is 0.294. The topological polar surface area (TPSA) is 35.2 Å². The van der Waals surface area contributed by atoms with Gasteiger partial charge in [0.25, 0.3) is 0 Å². The SMILES string of the molecule is CSc1ccc(C(N)c2cccc3c2OCCC3)cc1. The number of hydrogen-bond donors (Lipinski definition) is 1. The van der Waals surface area contributed by atoms with Crippen molar-refractivity contribution in [3.8, 4) is 5.75 Å². The molecule has 2 aromatic carbocycles. The standard InChI is InChI=1S/C17H19NOS/c1-20-14-9-7-12(8-10-14)16(18)15-6-2-4-13-5-3-11-19-17(13)15/h2,4,6-10,16H,3,5,11,18H2,1H3. The highest BCUT2D eigenvalue weighted by atomic mass is 32.2. The summed E-state index contributed by atoms with van der Waals surface area (Å²) >= 11 is 1.74. The van der Waals surface area contributed by atoms with Gasteiger partial charge >= 0.3 is 0 Å². The van der Waals surface area contributed by atoms with Gasteiger partial charge in [0.15, 0.2) is 0 Å². The summed E-state index contributed by atoms with van der Waals surface area (Å²) in [4.78, 5) is 1.26.